The summed E-state index contributed by atoms with van der Waals surface area (Å²) in [6, 6.07) is 18.0. The van der Waals surface area contributed by atoms with Crippen LogP contribution in [0.15, 0.2) is 60.7 Å². The molecule has 1 unspecified atom stereocenters. The Balaban J connectivity index is 1.77. The van der Waals surface area contributed by atoms with E-state index < -0.39 is 0 Å². The van der Waals surface area contributed by atoms with E-state index in [2.05, 4.69) is 17.4 Å². The molecule has 0 heterocycles. The number of hydrogen-bond donors (Lipinski definition) is 1. The molecule has 120 valence electrons. The largest absolute Gasteiger partial charge is 0.497 e. The predicted molar refractivity (Wildman–Crippen MR) is 94.4 cm³/mol. The number of carbonyl (C=O) groups excluding carboxylic acids is 1. The molecule has 2 aromatic carbocycles. The maximum Gasteiger partial charge on any atom is 0.244 e. The fraction of sp³-hybridized carbons (Fsp3) is 0.250. The van der Waals surface area contributed by atoms with E-state index in [0.717, 1.165) is 24.2 Å². The van der Waals surface area contributed by atoms with E-state index in [9.17, 15) is 4.79 Å². The number of carbonyl (C=O) groups is 1. The van der Waals surface area contributed by atoms with E-state index in [1.54, 1.807) is 19.3 Å². The molecule has 0 aliphatic rings. The van der Waals surface area contributed by atoms with Crippen LogP contribution in [0, 0.1) is 0 Å². The Labute approximate surface area is 138 Å². The van der Waals surface area contributed by atoms with Gasteiger partial charge in [0.05, 0.1) is 7.11 Å². The van der Waals surface area contributed by atoms with Crippen LogP contribution in [0.25, 0.3) is 6.08 Å². The molecule has 2 rings (SSSR count). The summed E-state index contributed by atoms with van der Waals surface area (Å²) in [5.41, 5.74) is 2.26. The first-order chi connectivity index (χ1) is 11.2. The zero-order chi connectivity index (χ0) is 16.5. The van der Waals surface area contributed by atoms with Gasteiger partial charge in [0.25, 0.3) is 0 Å². The number of benzene rings is 2. The smallest absolute Gasteiger partial charge is 0.244 e. The molecule has 0 bridgehead atoms. The van der Waals surface area contributed by atoms with Crippen LogP contribution in [0.4, 0.5) is 0 Å². The highest BCUT2D eigenvalue weighted by Gasteiger charge is 2.05. The van der Waals surface area contributed by atoms with Crippen LogP contribution in [-0.4, -0.2) is 19.1 Å². The Hall–Kier alpha value is -2.55. The summed E-state index contributed by atoms with van der Waals surface area (Å²) in [7, 11) is 1.63. The highest BCUT2D eigenvalue weighted by atomic mass is 16.5. The molecular formula is C20H23NO2. The predicted octanol–water partition coefficient (Wildman–Crippen LogP) is 3.85. The summed E-state index contributed by atoms with van der Waals surface area (Å²) < 4.78 is 5.11. The maximum atomic E-state index is 11.9. The van der Waals surface area contributed by atoms with Gasteiger partial charge >= 0.3 is 0 Å². The summed E-state index contributed by atoms with van der Waals surface area (Å²) in [5, 5.41) is 2.99. The third-order valence-corrected chi connectivity index (χ3v) is 3.64. The molecule has 2 aromatic rings. The van der Waals surface area contributed by atoms with Gasteiger partial charge in [0.1, 0.15) is 5.75 Å². The topological polar surface area (TPSA) is 38.3 Å². The molecule has 0 aliphatic carbocycles. The van der Waals surface area contributed by atoms with Crippen LogP contribution in [0.2, 0.25) is 0 Å². The minimum absolute atomic E-state index is 0.0682. The van der Waals surface area contributed by atoms with Gasteiger partial charge in [-0.15, -0.1) is 0 Å². The summed E-state index contributed by atoms with van der Waals surface area (Å²) in [6.07, 6.45) is 5.26. The van der Waals surface area contributed by atoms with Crippen LogP contribution < -0.4 is 10.1 Å². The number of rotatable bonds is 7. The van der Waals surface area contributed by atoms with Crippen LogP contribution in [0.1, 0.15) is 24.5 Å². The number of hydrogen-bond acceptors (Lipinski definition) is 2. The lowest BCUT2D eigenvalue weighted by Gasteiger charge is -2.12. The fourth-order valence-electron chi connectivity index (χ4n) is 2.28. The third-order valence-electron chi connectivity index (χ3n) is 3.64. The molecule has 1 amide bonds. The van der Waals surface area contributed by atoms with Crippen molar-refractivity contribution in [2.75, 3.05) is 7.11 Å². The number of methoxy groups -OCH3 is 1. The molecule has 1 N–H and O–H groups in total. The van der Waals surface area contributed by atoms with E-state index in [-0.39, 0.29) is 11.9 Å². The molecule has 0 aliphatic heterocycles. The summed E-state index contributed by atoms with van der Waals surface area (Å²) in [5.74, 6) is 0.738. The van der Waals surface area contributed by atoms with Crippen molar-refractivity contribution in [3.63, 3.8) is 0 Å². The third kappa shape index (κ3) is 5.99. The van der Waals surface area contributed by atoms with E-state index in [1.807, 2.05) is 49.4 Å². The van der Waals surface area contributed by atoms with Crippen LogP contribution in [0.3, 0.4) is 0 Å². The van der Waals surface area contributed by atoms with Crippen molar-refractivity contribution in [1.82, 2.24) is 5.32 Å². The second-order valence-corrected chi connectivity index (χ2v) is 5.54. The molecule has 0 aromatic heterocycles. The highest BCUT2D eigenvalue weighted by Crippen LogP contribution is 2.12. The molecule has 1 atom stereocenters. The molecule has 3 heteroatoms. The summed E-state index contributed by atoms with van der Waals surface area (Å²) in [6.45, 7) is 2.03. The van der Waals surface area contributed by atoms with Gasteiger partial charge in [-0.1, -0.05) is 42.5 Å². The quantitative estimate of drug-likeness (QED) is 0.789. The zero-order valence-corrected chi connectivity index (χ0v) is 13.7. The first kappa shape index (κ1) is 16.8. The SMILES string of the molecule is COc1ccc(C=CC(=O)NC(C)CCc2ccccc2)cc1. The van der Waals surface area contributed by atoms with Crippen molar-refractivity contribution in [3.05, 3.63) is 71.8 Å². The van der Waals surface area contributed by atoms with Gasteiger partial charge in [-0.25, -0.2) is 0 Å². The molecular weight excluding hydrogens is 286 g/mol. The Morgan fingerprint density at radius 1 is 1.13 bits per heavy atom. The van der Waals surface area contributed by atoms with Crippen molar-refractivity contribution in [1.29, 1.82) is 0 Å². The average Bonchev–Trinajstić information content (AvgIpc) is 2.59. The lowest BCUT2D eigenvalue weighted by molar-refractivity contribution is -0.117. The fourth-order valence-corrected chi connectivity index (χ4v) is 2.28. The average molecular weight is 309 g/mol. The summed E-state index contributed by atoms with van der Waals surface area (Å²) >= 11 is 0. The molecule has 0 fully saturated rings. The molecule has 0 saturated heterocycles. The standard InChI is InChI=1S/C20H23NO2/c1-16(8-9-17-6-4-3-5-7-17)21-20(22)15-12-18-10-13-19(23-2)14-11-18/h3-7,10-16H,8-9H2,1-2H3,(H,21,22). The van der Waals surface area contributed by atoms with Gasteiger partial charge in [-0.05, 0) is 49.1 Å². The maximum absolute atomic E-state index is 11.9. The summed E-state index contributed by atoms with van der Waals surface area (Å²) in [4.78, 5) is 11.9. The normalized spacial score (nSPS) is 12.1. The lowest BCUT2D eigenvalue weighted by Crippen LogP contribution is -2.31. The number of aryl methyl sites for hydroxylation is 1. The minimum Gasteiger partial charge on any atom is -0.497 e. The van der Waals surface area contributed by atoms with Crippen LogP contribution in [0.5, 0.6) is 5.75 Å². The van der Waals surface area contributed by atoms with E-state index in [0.29, 0.717) is 0 Å². The monoisotopic (exact) mass is 309 g/mol. The van der Waals surface area contributed by atoms with Crippen molar-refractivity contribution in [2.24, 2.45) is 0 Å². The zero-order valence-electron chi connectivity index (χ0n) is 13.7. The highest BCUT2D eigenvalue weighted by molar-refractivity contribution is 5.91. The molecule has 23 heavy (non-hydrogen) atoms. The molecule has 0 spiro atoms. The van der Waals surface area contributed by atoms with Crippen LogP contribution >= 0.6 is 0 Å². The lowest BCUT2D eigenvalue weighted by atomic mass is 10.1. The van der Waals surface area contributed by atoms with E-state index >= 15 is 0 Å². The molecule has 3 nitrogen and oxygen atoms in total. The Bertz CT molecular complexity index is 632. The van der Waals surface area contributed by atoms with Crippen molar-refractivity contribution >= 4 is 12.0 Å². The van der Waals surface area contributed by atoms with Gasteiger partial charge in [0.2, 0.25) is 5.91 Å². The van der Waals surface area contributed by atoms with Gasteiger partial charge in [-0.2, -0.15) is 0 Å². The van der Waals surface area contributed by atoms with E-state index in [4.69, 9.17) is 4.74 Å². The molecule has 0 saturated carbocycles. The Morgan fingerprint density at radius 2 is 1.83 bits per heavy atom. The van der Waals surface area contributed by atoms with Gasteiger partial charge in [0, 0.05) is 12.1 Å². The Morgan fingerprint density at radius 3 is 2.48 bits per heavy atom. The number of nitrogens with one attached hydrogen (secondary N) is 1. The van der Waals surface area contributed by atoms with Gasteiger partial charge in [-0.3, -0.25) is 4.79 Å². The van der Waals surface area contributed by atoms with Crippen LogP contribution in [-0.2, 0) is 11.2 Å². The van der Waals surface area contributed by atoms with Crippen molar-refractivity contribution < 1.29 is 9.53 Å². The number of ether oxygens (including phenoxy) is 1. The van der Waals surface area contributed by atoms with Crippen molar-refractivity contribution in [3.8, 4) is 5.75 Å². The van der Waals surface area contributed by atoms with Crippen molar-refractivity contribution in [2.45, 2.75) is 25.8 Å². The second-order valence-electron chi connectivity index (χ2n) is 5.54. The Kier molecular flexibility index (Phi) is 6.42. The van der Waals surface area contributed by atoms with Gasteiger partial charge < -0.3 is 10.1 Å². The molecule has 0 radical (unpaired) electrons. The number of amides is 1. The second kappa shape index (κ2) is 8.79. The first-order valence-corrected chi connectivity index (χ1v) is 7.84. The first-order valence-electron chi connectivity index (χ1n) is 7.84. The minimum atomic E-state index is -0.0682. The van der Waals surface area contributed by atoms with E-state index in [1.165, 1.54) is 5.56 Å². The van der Waals surface area contributed by atoms with Gasteiger partial charge in [0.15, 0.2) is 0 Å².